The monoisotopic (exact) mass is 504 g/mol. The number of anilines is 2. The quantitative estimate of drug-likeness (QED) is 0.452. The molecule has 1 saturated heterocycles. The lowest BCUT2D eigenvalue weighted by atomic mass is 10.1. The van der Waals surface area contributed by atoms with E-state index in [-0.39, 0.29) is 47.3 Å². The van der Waals surface area contributed by atoms with E-state index in [1.807, 2.05) is 0 Å². The van der Waals surface area contributed by atoms with Crippen molar-refractivity contribution in [2.45, 2.75) is 32.1 Å². The number of nitrogens with zero attached hydrogens (tertiary/aromatic N) is 5. The molecular formula is C23H26F2N6O5. The third-order valence-corrected chi connectivity index (χ3v) is 5.68. The van der Waals surface area contributed by atoms with Crippen molar-refractivity contribution < 1.29 is 32.9 Å². The second kappa shape index (κ2) is 11.2. The molecule has 36 heavy (non-hydrogen) atoms. The fourth-order valence-electron chi connectivity index (χ4n) is 3.67. The Morgan fingerprint density at radius 3 is 2.36 bits per heavy atom. The summed E-state index contributed by atoms with van der Waals surface area (Å²) in [5.41, 5.74) is 0.217. The van der Waals surface area contributed by atoms with Crippen LogP contribution in [0.5, 0.6) is 17.2 Å². The largest absolute Gasteiger partial charge is 0.494 e. The molecule has 11 nitrogen and oxygen atoms in total. The minimum atomic E-state index is -0.886. The first-order valence-electron chi connectivity index (χ1n) is 11.2. The molecule has 0 saturated carbocycles. The van der Waals surface area contributed by atoms with Crippen LogP contribution >= 0.6 is 0 Å². The fourth-order valence-corrected chi connectivity index (χ4v) is 3.67. The number of likely N-dealkylation sites (tertiary alicyclic amines) is 1. The summed E-state index contributed by atoms with van der Waals surface area (Å²) >= 11 is 0. The summed E-state index contributed by atoms with van der Waals surface area (Å²) < 4.78 is 45.7. The van der Waals surface area contributed by atoms with Gasteiger partial charge in [0.25, 0.3) is 0 Å². The van der Waals surface area contributed by atoms with E-state index in [2.05, 4.69) is 20.4 Å². The van der Waals surface area contributed by atoms with Gasteiger partial charge in [-0.05, 0) is 12.8 Å². The number of hydrogen-bond acceptors (Lipinski definition) is 9. The third kappa shape index (κ3) is 5.79. The summed E-state index contributed by atoms with van der Waals surface area (Å²) in [5, 5.41) is 16.7. The molecule has 0 unspecified atom stereocenters. The molecule has 4 rings (SSSR count). The van der Waals surface area contributed by atoms with Gasteiger partial charge >= 0.3 is 0 Å². The van der Waals surface area contributed by atoms with Crippen LogP contribution in [-0.4, -0.2) is 69.1 Å². The molecule has 0 spiro atoms. The topological polar surface area (TPSA) is 124 Å². The number of nitrogens with one attached hydrogen (secondary N) is 1. The van der Waals surface area contributed by atoms with E-state index in [1.165, 1.54) is 37.5 Å². The van der Waals surface area contributed by atoms with Crippen LogP contribution < -0.4 is 19.5 Å². The van der Waals surface area contributed by atoms with Gasteiger partial charge in [-0.3, -0.25) is 9.48 Å². The zero-order chi connectivity index (χ0) is 25.7. The van der Waals surface area contributed by atoms with Crippen molar-refractivity contribution in [3.63, 3.8) is 0 Å². The molecule has 2 aromatic heterocycles. The standard InChI is InChI=1S/C23H26F2N6O5/c1-34-18-7-19(35-2)22(25)17(21(18)24)13-36-16-9-26-23(27-10-16)29-14-8-28-31(11-14)12-20(33)30-5-3-15(32)4-6-30/h7-11,15,32H,3-6,12-13H2,1-2H3,(H,26,27,29). The number of carbonyl (C=O) groups is 1. The molecule has 2 N–H and O–H groups in total. The Hall–Kier alpha value is -4.00. The average molecular weight is 504 g/mol. The SMILES string of the molecule is COc1cc(OC)c(F)c(COc2cnc(Nc3cnn(CC(=O)N4CCC(O)CC4)c3)nc2)c1F. The first-order valence-corrected chi connectivity index (χ1v) is 11.2. The van der Waals surface area contributed by atoms with Crippen molar-refractivity contribution in [3.8, 4) is 17.2 Å². The van der Waals surface area contributed by atoms with E-state index < -0.39 is 18.2 Å². The summed E-state index contributed by atoms with van der Waals surface area (Å²) in [6, 6.07) is 1.12. The van der Waals surface area contributed by atoms with E-state index in [9.17, 15) is 18.7 Å². The van der Waals surface area contributed by atoms with Crippen molar-refractivity contribution in [3.05, 3.63) is 48.1 Å². The molecule has 1 aromatic carbocycles. The summed E-state index contributed by atoms with van der Waals surface area (Å²) in [5.74, 6) is -1.76. The van der Waals surface area contributed by atoms with Crippen molar-refractivity contribution in [1.29, 1.82) is 0 Å². The van der Waals surface area contributed by atoms with E-state index in [0.29, 0.717) is 31.6 Å². The van der Waals surface area contributed by atoms with Crippen LogP contribution in [0.15, 0.2) is 30.9 Å². The maximum absolute atomic E-state index is 14.5. The Labute approximate surface area is 205 Å². The molecule has 0 radical (unpaired) electrons. The number of benzene rings is 1. The zero-order valence-corrected chi connectivity index (χ0v) is 19.8. The predicted molar refractivity (Wildman–Crippen MR) is 123 cm³/mol. The first-order chi connectivity index (χ1) is 17.4. The van der Waals surface area contributed by atoms with E-state index in [4.69, 9.17) is 14.2 Å². The Morgan fingerprint density at radius 1 is 1.11 bits per heavy atom. The maximum atomic E-state index is 14.5. The highest BCUT2D eigenvalue weighted by Gasteiger charge is 2.22. The lowest BCUT2D eigenvalue weighted by Gasteiger charge is -2.29. The van der Waals surface area contributed by atoms with Gasteiger partial charge < -0.3 is 29.5 Å². The van der Waals surface area contributed by atoms with Gasteiger partial charge in [-0.25, -0.2) is 18.7 Å². The van der Waals surface area contributed by atoms with Gasteiger partial charge in [-0.15, -0.1) is 0 Å². The van der Waals surface area contributed by atoms with Crippen LogP contribution in [0.1, 0.15) is 18.4 Å². The number of carbonyl (C=O) groups excluding carboxylic acids is 1. The van der Waals surface area contributed by atoms with Crippen molar-refractivity contribution in [2.24, 2.45) is 0 Å². The average Bonchev–Trinajstić information content (AvgIpc) is 3.32. The lowest BCUT2D eigenvalue weighted by molar-refractivity contribution is -0.134. The van der Waals surface area contributed by atoms with Gasteiger partial charge in [0, 0.05) is 25.4 Å². The van der Waals surface area contributed by atoms with E-state index >= 15 is 0 Å². The number of amides is 1. The Kier molecular flexibility index (Phi) is 7.78. The molecule has 0 aliphatic carbocycles. The van der Waals surface area contributed by atoms with E-state index in [0.717, 1.165) is 6.07 Å². The van der Waals surface area contributed by atoms with Gasteiger partial charge in [0.05, 0.1) is 50.2 Å². The molecule has 3 aromatic rings. The number of hydrogen-bond donors (Lipinski definition) is 2. The lowest BCUT2D eigenvalue weighted by Crippen LogP contribution is -2.41. The highest BCUT2D eigenvalue weighted by atomic mass is 19.1. The Morgan fingerprint density at radius 2 is 1.75 bits per heavy atom. The van der Waals surface area contributed by atoms with Gasteiger partial charge in [0.2, 0.25) is 11.9 Å². The zero-order valence-electron chi connectivity index (χ0n) is 19.8. The molecule has 0 atom stereocenters. The number of methoxy groups -OCH3 is 2. The second-order valence-electron chi connectivity index (χ2n) is 8.08. The summed E-state index contributed by atoms with van der Waals surface area (Å²) in [4.78, 5) is 22.4. The summed E-state index contributed by atoms with van der Waals surface area (Å²) in [7, 11) is 2.53. The maximum Gasteiger partial charge on any atom is 0.244 e. The normalized spacial score (nSPS) is 14.0. The van der Waals surface area contributed by atoms with Crippen molar-refractivity contribution in [1.82, 2.24) is 24.6 Å². The third-order valence-electron chi connectivity index (χ3n) is 5.68. The van der Waals surface area contributed by atoms with Crippen LogP contribution in [-0.2, 0) is 17.9 Å². The van der Waals surface area contributed by atoms with Crippen LogP contribution in [0.25, 0.3) is 0 Å². The fraction of sp³-hybridized carbons (Fsp3) is 0.391. The van der Waals surface area contributed by atoms with Gasteiger partial charge in [0.15, 0.2) is 28.9 Å². The smallest absolute Gasteiger partial charge is 0.244 e. The molecule has 1 aliphatic rings. The van der Waals surface area contributed by atoms with E-state index in [1.54, 1.807) is 11.1 Å². The highest BCUT2D eigenvalue weighted by molar-refractivity contribution is 5.76. The van der Waals surface area contributed by atoms with Crippen LogP contribution in [0, 0.1) is 11.6 Å². The summed E-state index contributed by atoms with van der Waals surface area (Å²) in [6.45, 7) is 0.699. The molecule has 1 fully saturated rings. The number of rotatable bonds is 9. The molecule has 0 bridgehead atoms. The van der Waals surface area contributed by atoms with Gasteiger partial charge in [0.1, 0.15) is 13.2 Å². The van der Waals surface area contributed by atoms with Crippen LogP contribution in [0.4, 0.5) is 20.4 Å². The van der Waals surface area contributed by atoms with Crippen LogP contribution in [0.3, 0.4) is 0 Å². The number of piperidine rings is 1. The van der Waals surface area contributed by atoms with Crippen LogP contribution in [0.2, 0.25) is 0 Å². The number of halogens is 2. The molecule has 1 aliphatic heterocycles. The van der Waals surface area contributed by atoms with Crippen molar-refractivity contribution >= 4 is 17.5 Å². The molecule has 13 heteroatoms. The minimum absolute atomic E-state index is 0.0733. The van der Waals surface area contributed by atoms with Gasteiger partial charge in [-0.1, -0.05) is 0 Å². The number of aliphatic hydroxyl groups excluding tert-OH is 1. The van der Waals surface area contributed by atoms with Crippen molar-refractivity contribution in [2.75, 3.05) is 32.6 Å². The predicted octanol–water partition coefficient (Wildman–Crippen LogP) is 2.27. The molecular weight excluding hydrogens is 478 g/mol. The first kappa shape index (κ1) is 25.1. The molecule has 3 heterocycles. The molecule has 192 valence electrons. The van der Waals surface area contributed by atoms with Gasteiger partial charge in [-0.2, -0.15) is 5.10 Å². The molecule has 1 amide bonds. The number of ether oxygens (including phenoxy) is 3. The Bertz CT molecular complexity index is 1170. The number of aliphatic hydroxyl groups is 1. The minimum Gasteiger partial charge on any atom is -0.494 e. The Balaban J connectivity index is 1.33. The second-order valence-corrected chi connectivity index (χ2v) is 8.08. The number of aromatic nitrogens is 4. The highest BCUT2D eigenvalue weighted by Crippen LogP contribution is 2.32. The summed E-state index contributed by atoms with van der Waals surface area (Å²) in [6.07, 6.45) is 6.68.